The lowest BCUT2D eigenvalue weighted by atomic mass is 10.1. The van der Waals surface area contributed by atoms with Crippen LogP contribution in [0.1, 0.15) is 21.6 Å². The molecule has 0 aliphatic carbocycles. The highest BCUT2D eigenvalue weighted by Gasteiger charge is 2.07. The van der Waals surface area contributed by atoms with E-state index in [0.29, 0.717) is 18.8 Å². The van der Waals surface area contributed by atoms with E-state index in [1.165, 1.54) is 0 Å². The molecular weight excluding hydrogens is 226 g/mol. The van der Waals surface area contributed by atoms with Gasteiger partial charge in [0.15, 0.2) is 0 Å². The first kappa shape index (κ1) is 12.4. The van der Waals surface area contributed by atoms with Crippen molar-refractivity contribution in [2.75, 3.05) is 0 Å². The molecule has 18 heavy (non-hydrogen) atoms. The number of rotatable bonds is 4. The fourth-order valence-electron chi connectivity index (χ4n) is 1.76. The molecule has 4 nitrogen and oxygen atoms in total. The highest BCUT2D eigenvalue weighted by atomic mass is 16.1. The molecule has 0 aliphatic heterocycles. The van der Waals surface area contributed by atoms with Gasteiger partial charge >= 0.3 is 0 Å². The molecule has 2 aromatic rings. The summed E-state index contributed by atoms with van der Waals surface area (Å²) in [7, 11) is 1.85. The molecule has 1 aromatic carbocycles. The summed E-state index contributed by atoms with van der Waals surface area (Å²) in [5.41, 5.74) is 8.35. The van der Waals surface area contributed by atoms with Crippen LogP contribution in [0.25, 0.3) is 0 Å². The van der Waals surface area contributed by atoms with Crippen molar-refractivity contribution in [3.05, 3.63) is 59.4 Å². The Kier molecular flexibility index (Phi) is 3.79. The van der Waals surface area contributed by atoms with Crippen molar-refractivity contribution < 1.29 is 4.79 Å². The van der Waals surface area contributed by atoms with Crippen LogP contribution in [-0.2, 0) is 20.1 Å². The SMILES string of the molecule is Cn1cccc1C(=O)NCc1ccc(CN)cc1. The van der Waals surface area contributed by atoms with Crippen molar-refractivity contribution in [1.29, 1.82) is 0 Å². The second kappa shape index (κ2) is 5.51. The zero-order valence-electron chi connectivity index (χ0n) is 10.4. The Bertz CT molecular complexity index is 528. The average molecular weight is 243 g/mol. The van der Waals surface area contributed by atoms with Gasteiger partial charge in [-0.05, 0) is 23.3 Å². The largest absolute Gasteiger partial charge is 0.347 e. The van der Waals surface area contributed by atoms with Crippen LogP contribution < -0.4 is 11.1 Å². The van der Waals surface area contributed by atoms with Crippen LogP contribution in [0.15, 0.2) is 42.6 Å². The smallest absolute Gasteiger partial charge is 0.268 e. The van der Waals surface area contributed by atoms with E-state index in [1.54, 1.807) is 10.6 Å². The molecule has 0 saturated heterocycles. The molecule has 0 saturated carbocycles. The number of nitrogens with one attached hydrogen (secondary N) is 1. The number of carbonyl (C=O) groups is 1. The van der Waals surface area contributed by atoms with Crippen molar-refractivity contribution in [3.8, 4) is 0 Å². The third-order valence-electron chi connectivity index (χ3n) is 2.89. The summed E-state index contributed by atoms with van der Waals surface area (Å²) in [6.07, 6.45) is 1.85. The predicted molar refractivity (Wildman–Crippen MR) is 70.9 cm³/mol. The third-order valence-corrected chi connectivity index (χ3v) is 2.89. The monoisotopic (exact) mass is 243 g/mol. The minimum Gasteiger partial charge on any atom is -0.347 e. The van der Waals surface area contributed by atoms with Crippen LogP contribution in [0.4, 0.5) is 0 Å². The lowest BCUT2D eigenvalue weighted by Gasteiger charge is -2.06. The summed E-state index contributed by atoms with van der Waals surface area (Å²) in [5.74, 6) is -0.0644. The highest BCUT2D eigenvalue weighted by Crippen LogP contribution is 2.04. The molecule has 0 radical (unpaired) electrons. The quantitative estimate of drug-likeness (QED) is 0.853. The zero-order chi connectivity index (χ0) is 13.0. The van der Waals surface area contributed by atoms with Crippen LogP contribution in [0.2, 0.25) is 0 Å². The molecule has 0 spiro atoms. The Hall–Kier alpha value is -2.07. The van der Waals surface area contributed by atoms with E-state index in [1.807, 2.05) is 43.6 Å². The number of nitrogens with two attached hydrogens (primary N) is 1. The molecule has 0 atom stereocenters. The van der Waals surface area contributed by atoms with E-state index >= 15 is 0 Å². The molecule has 3 N–H and O–H groups in total. The van der Waals surface area contributed by atoms with Crippen molar-refractivity contribution in [1.82, 2.24) is 9.88 Å². The maximum Gasteiger partial charge on any atom is 0.268 e. The Morgan fingerprint density at radius 2 is 1.89 bits per heavy atom. The number of carbonyl (C=O) groups excluding carboxylic acids is 1. The molecule has 1 heterocycles. The first-order chi connectivity index (χ1) is 8.70. The lowest BCUT2D eigenvalue weighted by Crippen LogP contribution is -2.24. The summed E-state index contributed by atoms with van der Waals surface area (Å²) in [5, 5.41) is 2.89. The van der Waals surface area contributed by atoms with Gasteiger partial charge in [-0.25, -0.2) is 0 Å². The van der Waals surface area contributed by atoms with Crippen molar-refractivity contribution in [3.63, 3.8) is 0 Å². The predicted octanol–water partition coefficient (Wildman–Crippen LogP) is 1.41. The molecule has 0 fully saturated rings. The molecular formula is C14H17N3O. The van der Waals surface area contributed by atoms with Crippen LogP contribution in [-0.4, -0.2) is 10.5 Å². The van der Waals surface area contributed by atoms with Crippen molar-refractivity contribution in [2.24, 2.45) is 12.8 Å². The third kappa shape index (κ3) is 2.78. The number of benzene rings is 1. The van der Waals surface area contributed by atoms with Gasteiger partial charge in [-0.2, -0.15) is 0 Å². The second-order valence-corrected chi connectivity index (χ2v) is 4.21. The fourth-order valence-corrected chi connectivity index (χ4v) is 1.76. The van der Waals surface area contributed by atoms with Gasteiger partial charge in [0.2, 0.25) is 0 Å². The van der Waals surface area contributed by atoms with Crippen LogP contribution >= 0.6 is 0 Å². The minimum absolute atomic E-state index is 0.0644. The fraction of sp³-hybridized carbons (Fsp3) is 0.214. The molecule has 4 heteroatoms. The first-order valence-electron chi connectivity index (χ1n) is 5.88. The van der Waals surface area contributed by atoms with E-state index in [4.69, 9.17) is 5.73 Å². The van der Waals surface area contributed by atoms with Gasteiger partial charge < -0.3 is 15.6 Å². The highest BCUT2D eigenvalue weighted by molar-refractivity contribution is 5.92. The molecule has 94 valence electrons. The van der Waals surface area contributed by atoms with E-state index in [2.05, 4.69) is 5.32 Å². The summed E-state index contributed by atoms with van der Waals surface area (Å²) in [6, 6.07) is 11.6. The van der Waals surface area contributed by atoms with Crippen molar-refractivity contribution >= 4 is 5.91 Å². The summed E-state index contributed by atoms with van der Waals surface area (Å²) >= 11 is 0. The Morgan fingerprint density at radius 1 is 1.22 bits per heavy atom. The average Bonchev–Trinajstić information content (AvgIpc) is 2.83. The Balaban J connectivity index is 1.95. The van der Waals surface area contributed by atoms with Gasteiger partial charge in [-0.15, -0.1) is 0 Å². The van der Waals surface area contributed by atoms with Crippen molar-refractivity contribution in [2.45, 2.75) is 13.1 Å². The standard InChI is InChI=1S/C14H17N3O/c1-17-8-2-3-13(17)14(18)16-10-12-6-4-11(9-15)5-7-12/h2-8H,9-10,15H2,1H3,(H,16,18). The topological polar surface area (TPSA) is 60.0 Å². The van der Waals surface area contributed by atoms with Gasteiger partial charge in [0.1, 0.15) is 5.69 Å². The van der Waals surface area contributed by atoms with Gasteiger partial charge in [0.25, 0.3) is 5.91 Å². The van der Waals surface area contributed by atoms with Crippen LogP contribution in [0.3, 0.4) is 0 Å². The number of amides is 1. The number of hydrogen-bond acceptors (Lipinski definition) is 2. The first-order valence-corrected chi connectivity index (χ1v) is 5.88. The van der Waals surface area contributed by atoms with E-state index in [0.717, 1.165) is 11.1 Å². The summed E-state index contributed by atoms with van der Waals surface area (Å²) < 4.78 is 1.80. The van der Waals surface area contributed by atoms with Gasteiger partial charge in [-0.1, -0.05) is 24.3 Å². The molecule has 0 bridgehead atoms. The van der Waals surface area contributed by atoms with E-state index in [-0.39, 0.29) is 5.91 Å². The Labute approximate surface area is 106 Å². The molecule has 0 aliphatic rings. The summed E-state index contributed by atoms with van der Waals surface area (Å²) in [6.45, 7) is 1.06. The number of aromatic nitrogens is 1. The number of nitrogens with zero attached hydrogens (tertiary/aromatic N) is 1. The normalized spacial score (nSPS) is 10.3. The van der Waals surface area contributed by atoms with Crippen LogP contribution in [0.5, 0.6) is 0 Å². The van der Waals surface area contributed by atoms with Crippen LogP contribution in [0, 0.1) is 0 Å². The minimum atomic E-state index is -0.0644. The van der Waals surface area contributed by atoms with E-state index in [9.17, 15) is 4.79 Å². The second-order valence-electron chi connectivity index (χ2n) is 4.21. The van der Waals surface area contributed by atoms with Gasteiger partial charge in [0.05, 0.1) is 0 Å². The maximum absolute atomic E-state index is 11.9. The van der Waals surface area contributed by atoms with Gasteiger partial charge in [-0.3, -0.25) is 4.79 Å². The van der Waals surface area contributed by atoms with Gasteiger partial charge in [0, 0.05) is 26.3 Å². The molecule has 2 rings (SSSR count). The molecule has 0 unspecified atom stereocenters. The lowest BCUT2D eigenvalue weighted by molar-refractivity contribution is 0.0943. The number of aryl methyl sites for hydroxylation is 1. The maximum atomic E-state index is 11.9. The van der Waals surface area contributed by atoms with E-state index < -0.39 is 0 Å². The molecule has 1 amide bonds. The number of hydrogen-bond donors (Lipinski definition) is 2. The zero-order valence-corrected chi connectivity index (χ0v) is 10.4. The Morgan fingerprint density at radius 3 is 2.44 bits per heavy atom. The molecule has 1 aromatic heterocycles. The summed E-state index contributed by atoms with van der Waals surface area (Å²) in [4.78, 5) is 11.9.